The lowest BCUT2D eigenvalue weighted by atomic mass is 9.88. The molecule has 4 rings (SSSR count). The van der Waals surface area contributed by atoms with Gasteiger partial charge in [-0.3, -0.25) is 4.98 Å². The van der Waals surface area contributed by atoms with Gasteiger partial charge in [-0.1, -0.05) is 12.1 Å². The Balaban J connectivity index is 1.65. The molecule has 3 heterocycles. The molecule has 0 aliphatic heterocycles. The molecule has 0 bridgehead atoms. The number of ether oxygens (including phenoxy) is 1. The Labute approximate surface area is 204 Å². The molecule has 0 aliphatic rings. The lowest BCUT2D eigenvalue weighted by Gasteiger charge is -2.26. The van der Waals surface area contributed by atoms with Crippen LogP contribution in [0.1, 0.15) is 37.9 Å². The smallest absolute Gasteiger partial charge is 0.407 e. The molecule has 2 unspecified atom stereocenters. The van der Waals surface area contributed by atoms with Crippen molar-refractivity contribution in [3.8, 4) is 11.3 Å². The molecule has 35 heavy (non-hydrogen) atoms. The third-order valence-electron chi connectivity index (χ3n) is 5.57. The van der Waals surface area contributed by atoms with Gasteiger partial charge in [-0.15, -0.1) is 0 Å². The molecule has 0 saturated heterocycles. The summed E-state index contributed by atoms with van der Waals surface area (Å²) in [5.41, 5.74) is 17.0. The Kier molecular flexibility index (Phi) is 6.97. The number of rotatable bonds is 7. The van der Waals surface area contributed by atoms with E-state index in [1.165, 1.54) is 0 Å². The van der Waals surface area contributed by atoms with Crippen molar-refractivity contribution in [3.63, 3.8) is 0 Å². The number of nitrogens with zero attached hydrogens (tertiary/aromatic N) is 4. The number of hydrogen-bond donors (Lipinski definition) is 3. The second-order valence-corrected chi connectivity index (χ2v) is 9.49. The van der Waals surface area contributed by atoms with E-state index in [1.54, 1.807) is 18.6 Å². The number of benzene rings is 1. The van der Waals surface area contributed by atoms with Crippen LogP contribution in [-0.4, -0.2) is 43.6 Å². The number of aromatic nitrogens is 4. The molecule has 0 spiro atoms. The van der Waals surface area contributed by atoms with Gasteiger partial charge in [0, 0.05) is 67.2 Å². The number of alkyl carbamates (subject to hydrolysis) is 1. The summed E-state index contributed by atoms with van der Waals surface area (Å²) in [6, 6.07) is 11.1. The lowest BCUT2D eigenvalue weighted by molar-refractivity contribution is 0.0523. The van der Waals surface area contributed by atoms with Crippen molar-refractivity contribution in [3.05, 3.63) is 78.6 Å². The highest BCUT2D eigenvalue weighted by atomic mass is 16.6. The molecule has 0 saturated carbocycles. The fourth-order valence-electron chi connectivity index (χ4n) is 3.96. The SMILES string of the molecule is CC(C)(C)OC(=O)NCC(N)C(Cc1nc(-c2cccc(N)c2)cn2ccnc12)c1ccncc1. The van der Waals surface area contributed by atoms with E-state index in [1.807, 2.05) is 74.0 Å². The molecule has 1 aromatic carbocycles. The number of nitrogens with one attached hydrogen (secondary N) is 1. The molecule has 9 heteroatoms. The Morgan fingerprint density at radius 3 is 2.66 bits per heavy atom. The van der Waals surface area contributed by atoms with Crippen LogP contribution in [0.15, 0.2) is 67.4 Å². The second-order valence-electron chi connectivity index (χ2n) is 9.49. The molecule has 9 nitrogen and oxygen atoms in total. The Morgan fingerprint density at radius 1 is 1.17 bits per heavy atom. The van der Waals surface area contributed by atoms with Crippen LogP contribution in [0.2, 0.25) is 0 Å². The fourth-order valence-corrected chi connectivity index (χ4v) is 3.96. The van der Waals surface area contributed by atoms with Crippen LogP contribution in [-0.2, 0) is 11.2 Å². The maximum atomic E-state index is 12.2. The first-order chi connectivity index (χ1) is 16.7. The van der Waals surface area contributed by atoms with E-state index in [2.05, 4.69) is 15.3 Å². The normalized spacial score (nSPS) is 13.4. The zero-order chi connectivity index (χ0) is 25.0. The van der Waals surface area contributed by atoms with Gasteiger partial charge in [0.2, 0.25) is 0 Å². The minimum atomic E-state index is -0.587. The van der Waals surface area contributed by atoms with Crippen LogP contribution >= 0.6 is 0 Å². The minimum absolute atomic E-state index is 0.156. The number of amides is 1. The van der Waals surface area contributed by atoms with E-state index >= 15 is 0 Å². The zero-order valence-electron chi connectivity index (χ0n) is 20.2. The van der Waals surface area contributed by atoms with Crippen LogP contribution in [0.3, 0.4) is 0 Å². The van der Waals surface area contributed by atoms with Crippen molar-refractivity contribution >= 4 is 17.4 Å². The Bertz CT molecular complexity index is 1300. The summed E-state index contributed by atoms with van der Waals surface area (Å²) in [6.07, 6.45) is 9.05. The Hall–Kier alpha value is -3.98. The molecule has 0 radical (unpaired) electrons. The first-order valence-corrected chi connectivity index (χ1v) is 11.5. The fraction of sp³-hybridized carbons (Fsp3) is 0.308. The van der Waals surface area contributed by atoms with Gasteiger partial charge in [0.25, 0.3) is 0 Å². The molecular formula is C26H31N7O2. The summed E-state index contributed by atoms with van der Waals surface area (Å²) >= 11 is 0. The quantitative estimate of drug-likeness (QED) is 0.350. The number of carbonyl (C=O) groups excluding carboxylic acids is 1. The van der Waals surface area contributed by atoms with E-state index in [4.69, 9.17) is 21.2 Å². The average molecular weight is 474 g/mol. The summed E-state index contributed by atoms with van der Waals surface area (Å²) in [5.74, 6) is -0.156. The number of hydrogen-bond acceptors (Lipinski definition) is 7. The number of nitrogen functional groups attached to an aromatic ring is 1. The molecule has 0 fully saturated rings. The van der Waals surface area contributed by atoms with Gasteiger partial charge in [0.15, 0.2) is 5.65 Å². The molecule has 3 aromatic heterocycles. The van der Waals surface area contributed by atoms with E-state index in [0.29, 0.717) is 12.1 Å². The number of pyridine rings is 1. The highest BCUT2D eigenvalue weighted by molar-refractivity contribution is 5.68. The molecule has 2 atom stereocenters. The van der Waals surface area contributed by atoms with Crippen molar-refractivity contribution in [2.75, 3.05) is 12.3 Å². The largest absolute Gasteiger partial charge is 0.444 e. The van der Waals surface area contributed by atoms with Crippen LogP contribution in [0.5, 0.6) is 0 Å². The zero-order valence-corrected chi connectivity index (χ0v) is 20.2. The lowest BCUT2D eigenvalue weighted by Crippen LogP contribution is -2.43. The van der Waals surface area contributed by atoms with Gasteiger partial charge in [-0.2, -0.15) is 0 Å². The molecule has 4 aromatic rings. The number of anilines is 1. The summed E-state index contributed by atoms with van der Waals surface area (Å²) in [7, 11) is 0. The monoisotopic (exact) mass is 473 g/mol. The van der Waals surface area contributed by atoms with E-state index in [-0.39, 0.29) is 12.5 Å². The van der Waals surface area contributed by atoms with Crippen LogP contribution in [0.25, 0.3) is 16.9 Å². The second kappa shape index (κ2) is 10.1. The first kappa shape index (κ1) is 24.2. The highest BCUT2D eigenvalue weighted by Gasteiger charge is 2.25. The van der Waals surface area contributed by atoms with Gasteiger partial charge in [-0.25, -0.2) is 14.8 Å². The number of carbonyl (C=O) groups is 1. The predicted octanol–water partition coefficient (Wildman–Crippen LogP) is 3.55. The molecule has 5 N–H and O–H groups in total. The summed E-state index contributed by atoms with van der Waals surface area (Å²) in [6.45, 7) is 5.70. The summed E-state index contributed by atoms with van der Waals surface area (Å²) in [5, 5.41) is 2.79. The maximum Gasteiger partial charge on any atom is 0.407 e. The predicted molar refractivity (Wildman–Crippen MR) is 136 cm³/mol. The van der Waals surface area contributed by atoms with Crippen molar-refractivity contribution in [2.24, 2.45) is 5.73 Å². The van der Waals surface area contributed by atoms with E-state index < -0.39 is 17.7 Å². The molecule has 1 amide bonds. The third-order valence-corrected chi connectivity index (χ3v) is 5.57. The third kappa shape index (κ3) is 6.13. The van der Waals surface area contributed by atoms with Crippen molar-refractivity contribution in [1.82, 2.24) is 24.7 Å². The van der Waals surface area contributed by atoms with Gasteiger partial charge in [-0.05, 0) is 50.6 Å². The number of imidazole rings is 1. The molecular weight excluding hydrogens is 442 g/mol. The van der Waals surface area contributed by atoms with Gasteiger partial charge in [0.05, 0.1) is 11.4 Å². The minimum Gasteiger partial charge on any atom is -0.444 e. The van der Waals surface area contributed by atoms with Crippen molar-refractivity contribution < 1.29 is 9.53 Å². The molecule has 0 aliphatic carbocycles. The van der Waals surface area contributed by atoms with Crippen molar-refractivity contribution in [1.29, 1.82) is 0 Å². The topological polar surface area (TPSA) is 133 Å². The van der Waals surface area contributed by atoms with Gasteiger partial charge in [0.1, 0.15) is 5.60 Å². The van der Waals surface area contributed by atoms with Gasteiger partial charge >= 0.3 is 6.09 Å². The van der Waals surface area contributed by atoms with E-state index in [9.17, 15) is 4.79 Å². The van der Waals surface area contributed by atoms with E-state index in [0.717, 1.165) is 28.2 Å². The van der Waals surface area contributed by atoms with Gasteiger partial charge < -0.3 is 25.9 Å². The maximum absolute atomic E-state index is 12.2. The summed E-state index contributed by atoms with van der Waals surface area (Å²) in [4.78, 5) is 25.8. The molecule has 182 valence electrons. The summed E-state index contributed by atoms with van der Waals surface area (Å²) < 4.78 is 7.32. The average Bonchev–Trinajstić information content (AvgIpc) is 3.29. The van der Waals surface area contributed by atoms with Crippen LogP contribution in [0, 0.1) is 0 Å². The standard InChI is InChI=1S/C26H31N7O2/c1-26(2,3)35-25(34)31-15-21(28)20(17-7-9-29-10-8-17)14-22-24-30-11-12-33(24)16-23(32-22)18-5-4-6-19(27)13-18/h4-13,16,20-21H,14-15,27-28H2,1-3H3,(H,31,34). The van der Waals surface area contributed by atoms with Crippen molar-refractivity contribution in [2.45, 2.75) is 44.8 Å². The number of fused-ring (bicyclic) bond motifs is 1. The first-order valence-electron chi connectivity index (χ1n) is 11.5. The van der Waals surface area contributed by atoms with Crippen LogP contribution in [0.4, 0.5) is 10.5 Å². The number of nitrogens with two attached hydrogens (primary N) is 2. The van der Waals surface area contributed by atoms with Crippen LogP contribution < -0.4 is 16.8 Å². The highest BCUT2D eigenvalue weighted by Crippen LogP contribution is 2.27. The Morgan fingerprint density at radius 2 is 1.94 bits per heavy atom.